The predicted molar refractivity (Wildman–Crippen MR) is 153 cm³/mol. The summed E-state index contributed by atoms with van der Waals surface area (Å²) in [5, 5.41) is 10.9. The van der Waals surface area contributed by atoms with E-state index in [9.17, 15) is 9.90 Å². The van der Waals surface area contributed by atoms with Crippen LogP contribution in [-0.4, -0.2) is 72.9 Å². The van der Waals surface area contributed by atoms with Gasteiger partial charge in [-0.15, -0.1) is 24.8 Å². The van der Waals surface area contributed by atoms with Crippen LogP contribution in [0.25, 0.3) is 0 Å². The monoisotopic (exact) mass is 592 g/mol. The SMILES string of the molecule is COc1ccc(C[C@@H](C(=O)O)N2CCC(CN3CCC(Oc4ccc(Cl)c(Cl)c4)CC3)CC2)cc1.Cl.Cl. The molecule has 10 heteroatoms. The number of carbonyl (C=O) groups is 1. The maximum Gasteiger partial charge on any atom is 0.321 e. The Hall–Kier alpha value is -1.41. The number of carboxylic acid groups (broad SMARTS) is 1. The number of aliphatic carboxylic acids is 1. The molecule has 0 unspecified atom stereocenters. The molecule has 0 bridgehead atoms. The van der Waals surface area contributed by atoms with E-state index in [4.69, 9.17) is 32.7 Å². The van der Waals surface area contributed by atoms with E-state index in [0.717, 1.165) is 75.5 Å². The number of piperidine rings is 2. The predicted octanol–water partition coefficient (Wildman–Crippen LogP) is 6.10. The zero-order valence-corrected chi connectivity index (χ0v) is 24.1. The van der Waals surface area contributed by atoms with Gasteiger partial charge in [0, 0.05) is 25.7 Å². The molecule has 2 heterocycles. The number of rotatable bonds is 9. The Morgan fingerprint density at radius 3 is 2.14 bits per heavy atom. The third-order valence-electron chi connectivity index (χ3n) is 7.21. The molecular weight excluding hydrogens is 558 g/mol. The van der Waals surface area contributed by atoms with Crippen molar-refractivity contribution in [2.45, 2.75) is 44.2 Å². The Balaban J connectivity index is 0.00000241. The van der Waals surface area contributed by atoms with Crippen LogP contribution in [0.1, 0.15) is 31.2 Å². The molecule has 1 atom stereocenters. The van der Waals surface area contributed by atoms with Crippen LogP contribution < -0.4 is 9.47 Å². The zero-order valence-electron chi connectivity index (χ0n) is 21.0. The van der Waals surface area contributed by atoms with Gasteiger partial charge >= 0.3 is 5.97 Å². The van der Waals surface area contributed by atoms with Crippen LogP contribution >= 0.6 is 48.0 Å². The zero-order chi connectivity index (χ0) is 24.8. The summed E-state index contributed by atoms with van der Waals surface area (Å²) in [7, 11) is 1.63. The highest BCUT2D eigenvalue weighted by molar-refractivity contribution is 6.42. The molecule has 37 heavy (non-hydrogen) atoms. The van der Waals surface area contributed by atoms with E-state index in [1.54, 1.807) is 19.2 Å². The van der Waals surface area contributed by atoms with Crippen molar-refractivity contribution in [2.75, 3.05) is 39.8 Å². The Kier molecular flexibility index (Phi) is 13.1. The van der Waals surface area contributed by atoms with Crippen LogP contribution in [0, 0.1) is 5.92 Å². The quantitative estimate of drug-likeness (QED) is 0.379. The van der Waals surface area contributed by atoms with Crippen molar-refractivity contribution < 1.29 is 19.4 Å². The van der Waals surface area contributed by atoms with Gasteiger partial charge in [-0.05, 0) is 80.9 Å². The van der Waals surface area contributed by atoms with E-state index in [2.05, 4.69) is 9.80 Å². The first-order valence-electron chi connectivity index (χ1n) is 12.3. The minimum absolute atomic E-state index is 0. The Bertz CT molecular complexity index is 979. The molecule has 4 rings (SSSR count). The lowest BCUT2D eigenvalue weighted by atomic mass is 9.93. The number of hydrogen-bond acceptors (Lipinski definition) is 5. The second kappa shape index (κ2) is 15.2. The highest BCUT2D eigenvalue weighted by Crippen LogP contribution is 2.29. The Morgan fingerprint density at radius 2 is 1.57 bits per heavy atom. The Morgan fingerprint density at radius 1 is 0.946 bits per heavy atom. The summed E-state index contributed by atoms with van der Waals surface area (Å²) in [4.78, 5) is 16.7. The molecule has 0 spiro atoms. The number of halogens is 4. The van der Waals surface area contributed by atoms with Gasteiger partial charge in [0.2, 0.25) is 0 Å². The second-order valence-corrected chi connectivity index (χ2v) is 10.4. The number of likely N-dealkylation sites (tertiary alicyclic amines) is 2. The number of benzene rings is 2. The van der Waals surface area contributed by atoms with Gasteiger partial charge in [-0.25, -0.2) is 0 Å². The minimum Gasteiger partial charge on any atom is -0.497 e. The fourth-order valence-corrected chi connectivity index (χ4v) is 5.41. The second-order valence-electron chi connectivity index (χ2n) is 9.58. The molecule has 0 amide bonds. The standard InChI is InChI=1S/C27H34Cl2N2O4.2ClH/c1-34-21-4-2-19(3-5-21)16-26(27(32)33)31-14-8-20(9-15-31)18-30-12-10-22(11-13-30)35-23-6-7-24(28)25(29)17-23;;/h2-7,17,20,22,26H,8-16,18H2,1H3,(H,32,33);2*1H/t26-;;/m0../s1. The van der Waals surface area contributed by atoms with E-state index in [1.165, 1.54) is 0 Å². The van der Waals surface area contributed by atoms with Gasteiger partial charge in [-0.1, -0.05) is 35.3 Å². The highest BCUT2D eigenvalue weighted by Gasteiger charge is 2.31. The third-order valence-corrected chi connectivity index (χ3v) is 7.95. The van der Waals surface area contributed by atoms with Gasteiger partial charge in [0.15, 0.2) is 0 Å². The molecule has 0 radical (unpaired) electrons. The van der Waals surface area contributed by atoms with Crippen molar-refractivity contribution in [3.05, 3.63) is 58.1 Å². The third kappa shape index (κ3) is 9.09. The highest BCUT2D eigenvalue weighted by atomic mass is 35.5. The maximum atomic E-state index is 12.0. The molecule has 2 aliphatic rings. The largest absolute Gasteiger partial charge is 0.497 e. The van der Waals surface area contributed by atoms with Crippen molar-refractivity contribution in [2.24, 2.45) is 5.92 Å². The molecule has 2 saturated heterocycles. The first-order valence-corrected chi connectivity index (χ1v) is 13.1. The van der Waals surface area contributed by atoms with Gasteiger partial charge in [-0.3, -0.25) is 9.69 Å². The molecule has 2 aromatic carbocycles. The fraction of sp³-hybridized carbons (Fsp3) is 0.519. The van der Waals surface area contributed by atoms with Crippen LogP contribution in [0.4, 0.5) is 0 Å². The molecule has 1 N–H and O–H groups in total. The van der Waals surface area contributed by atoms with Gasteiger partial charge in [-0.2, -0.15) is 0 Å². The molecule has 6 nitrogen and oxygen atoms in total. The van der Waals surface area contributed by atoms with Crippen molar-refractivity contribution >= 4 is 54.0 Å². The molecule has 0 aromatic heterocycles. The van der Waals surface area contributed by atoms with Crippen molar-refractivity contribution in [1.82, 2.24) is 9.80 Å². The number of methoxy groups -OCH3 is 1. The summed E-state index contributed by atoms with van der Waals surface area (Å²) < 4.78 is 11.3. The topological polar surface area (TPSA) is 62.2 Å². The number of hydrogen-bond donors (Lipinski definition) is 1. The summed E-state index contributed by atoms with van der Waals surface area (Å²) in [6.07, 6.45) is 4.75. The van der Waals surface area contributed by atoms with E-state index in [0.29, 0.717) is 22.4 Å². The lowest BCUT2D eigenvalue weighted by molar-refractivity contribution is -0.144. The van der Waals surface area contributed by atoms with Crippen LogP contribution in [0.3, 0.4) is 0 Å². The van der Waals surface area contributed by atoms with Crippen LogP contribution in [0.2, 0.25) is 10.0 Å². The number of carboxylic acids is 1. The summed E-state index contributed by atoms with van der Waals surface area (Å²) in [6.45, 7) is 4.76. The average molecular weight is 594 g/mol. The van der Waals surface area contributed by atoms with Gasteiger partial charge in [0.25, 0.3) is 0 Å². The van der Waals surface area contributed by atoms with Crippen molar-refractivity contribution in [1.29, 1.82) is 0 Å². The fourth-order valence-electron chi connectivity index (χ4n) is 5.12. The van der Waals surface area contributed by atoms with E-state index < -0.39 is 12.0 Å². The maximum absolute atomic E-state index is 12.0. The lowest BCUT2D eigenvalue weighted by Gasteiger charge is -2.39. The summed E-state index contributed by atoms with van der Waals surface area (Å²) in [5.41, 5.74) is 1.02. The molecule has 206 valence electrons. The first kappa shape index (κ1) is 31.8. The van der Waals surface area contributed by atoms with Crippen molar-refractivity contribution in [3.63, 3.8) is 0 Å². The molecule has 2 fully saturated rings. The van der Waals surface area contributed by atoms with Gasteiger partial charge in [0.1, 0.15) is 23.6 Å². The van der Waals surface area contributed by atoms with E-state index in [1.807, 2.05) is 30.3 Å². The smallest absolute Gasteiger partial charge is 0.321 e. The van der Waals surface area contributed by atoms with Crippen LogP contribution in [-0.2, 0) is 11.2 Å². The number of nitrogens with zero attached hydrogens (tertiary/aromatic N) is 2. The number of ether oxygens (including phenoxy) is 2. The van der Waals surface area contributed by atoms with Crippen molar-refractivity contribution in [3.8, 4) is 11.5 Å². The van der Waals surface area contributed by atoms with Gasteiger partial charge in [0.05, 0.1) is 17.2 Å². The van der Waals surface area contributed by atoms with E-state index >= 15 is 0 Å². The average Bonchev–Trinajstić information content (AvgIpc) is 2.87. The summed E-state index contributed by atoms with van der Waals surface area (Å²) in [5.74, 6) is 1.41. The minimum atomic E-state index is -0.747. The molecule has 2 aliphatic heterocycles. The van der Waals surface area contributed by atoms with E-state index in [-0.39, 0.29) is 30.9 Å². The lowest BCUT2D eigenvalue weighted by Crippen LogP contribution is -2.48. The Labute approximate surface area is 242 Å². The van der Waals surface area contributed by atoms with Gasteiger partial charge < -0.3 is 19.5 Å². The summed E-state index contributed by atoms with van der Waals surface area (Å²) >= 11 is 12.1. The van der Waals surface area contributed by atoms with Crippen LogP contribution in [0.5, 0.6) is 11.5 Å². The molecule has 2 aromatic rings. The normalized spacial score (nSPS) is 18.4. The first-order chi connectivity index (χ1) is 16.9. The molecule has 0 saturated carbocycles. The molecule has 0 aliphatic carbocycles. The molecular formula is C27H36Cl4N2O4. The summed E-state index contributed by atoms with van der Waals surface area (Å²) in [6, 6.07) is 12.6. The van der Waals surface area contributed by atoms with Crippen LogP contribution in [0.15, 0.2) is 42.5 Å².